The number of nitrogens with one attached hydrogen (secondary N) is 1. The molecule has 0 bridgehead atoms. The highest BCUT2D eigenvalue weighted by Crippen LogP contribution is 2.16. The van der Waals surface area contributed by atoms with Crippen molar-refractivity contribution in [3.63, 3.8) is 0 Å². The maximum atomic E-state index is 11.9. The second-order valence-corrected chi connectivity index (χ2v) is 6.11. The number of carboxylic acids is 1. The summed E-state index contributed by atoms with van der Waals surface area (Å²) in [4.78, 5) is 24.7. The number of hydrogen-bond acceptors (Lipinski definition) is 3. The zero-order chi connectivity index (χ0) is 16.8. The highest BCUT2D eigenvalue weighted by atomic mass is 16.5. The Hall–Kier alpha value is -2.08. The zero-order valence-electron chi connectivity index (χ0n) is 13.6. The number of rotatable bonds is 5. The molecule has 6 nitrogen and oxygen atoms in total. The van der Waals surface area contributed by atoms with Gasteiger partial charge in [-0.3, -0.25) is 0 Å². The van der Waals surface area contributed by atoms with E-state index in [1.54, 1.807) is 18.2 Å². The fourth-order valence-corrected chi connectivity index (χ4v) is 2.57. The van der Waals surface area contributed by atoms with Gasteiger partial charge in [0.2, 0.25) is 0 Å². The van der Waals surface area contributed by atoms with Gasteiger partial charge >= 0.3 is 12.0 Å². The summed E-state index contributed by atoms with van der Waals surface area (Å²) >= 11 is 0. The van der Waals surface area contributed by atoms with E-state index in [4.69, 9.17) is 9.84 Å². The molecule has 2 amide bonds. The predicted octanol–water partition coefficient (Wildman–Crippen LogP) is 2.48. The van der Waals surface area contributed by atoms with Crippen LogP contribution in [0.2, 0.25) is 0 Å². The molecule has 23 heavy (non-hydrogen) atoms. The van der Waals surface area contributed by atoms with Gasteiger partial charge in [-0.2, -0.15) is 0 Å². The Morgan fingerprint density at radius 2 is 2.04 bits per heavy atom. The van der Waals surface area contributed by atoms with Gasteiger partial charge in [-0.05, 0) is 44.4 Å². The average Bonchev–Trinajstić information content (AvgIpc) is 2.53. The number of nitrogens with zero attached hydrogens (tertiary/aromatic N) is 1. The van der Waals surface area contributed by atoms with Crippen molar-refractivity contribution in [2.45, 2.75) is 45.4 Å². The summed E-state index contributed by atoms with van der Waals surface area (Å²) in [6.45, 7) is 5.64. The van der Waals surface area contributed by atoms with Gasteiger partial charge in [0.25, 0.3) is 0 Å². The lowest BCUT2D eigenvalue weighted by Gasteiger charge is -2.32. The molecule has 0 aliphatic carbocycles. The zero-order valence-corrected chi connectivity index (χ0v) is 13.6. The van der Waals surface area contributed by atoms with E-state index < -0.39 is 5.97 Å². The van der Waals surface area contributed by atoms with Crippen LogP contribution in [0.1, 0.15) is 42.6 Å². The van der Waals surface area contributed by atoms with E-state index in [2.05, 4.69) is 5.32 Å². The summed E-state index contributed by atoms with van der Waals surface area (Å²) in [7, 11) is 0. The largest absolute Gasteiger partial charge is 0.478 e. The summed E-state index contributed by atoms with van der Waals surface area (Å²) in [6.07, 6.45) is 1.69. The molecule has 1 aliphatic heterocycles. The standard InChI is InChI=1S/C17H24N2O4/c1-12(2)18-17(22)19-8-6-15(7-9-19)23-11-13-4-3-5-14(10-13)16(20)21/h3-5,10,12,15H,6-9,11H2,1-2H3,(H,18,22)(H,20,21). The molecule has 126 valence electrons. The average molecular weight is 320 g/mol. The fraction of sp³-hybridized carbons (Fsp3) is 0.529. The van der Waals surface area contributed by atoms with Gasteiger partial charge in [0.1, 0.15) is 0 Å². The van der Waals surface area contributed by atoms with Crippen molar-refractivity contribution in [3.05, 3.63) is 35.4 Å². The molecule has 1 aromatic rings. The molecule has 0 spiro atoms. The number of likely N-dealkylation sites (tertiary alicyclic amines) is 1. The van der Waals surface area contributed by atoms with Crippen molar-refractivity contribution in [2.24, 2.45) is 0 Å². The third-order valence-electron chi connectivity index (χ3n) is 3.80. The Morgan fingerprint density at radius 3 is 2.65 bits per heavy atom. The Morgan fingerprint density at radius 1 is 1.35 bits per heavy atom. The number of carbonyl (C=O) groups excluding carboxylic acids is 1. The SMILES string of the molecule is CC(C)NC(=O)N1CCC(OCc2cccc(C(=O)O)c2)CC1. The number of carboxylic acid groups (broad SMARTS) is 1. The molecule has 6 heteroatoms. The van der Waals surface area contributed by atoms with E-state index in [0.29, 0.717) is 19.7 Å². The van der Waals surface area contributed by atoms with E-state index in [1.807, 2.05) is 24.8 Å². The van der Waals surface area contributed by atoms with Crippen LogP contribution in [0, 0.1) is 0 Å². The summed E-state index contributed by atoms with van der Waals surface area (Å²) in [5.41, 5.74) is 1.12. The number of hydrogen-bond donors (Lipinski definition) is 2. The molecule has 0 aromatic heterocycles. The molecule has 2 rings (SSSR count). The van der Waals surface area contributed by atoms with Gasteiger partial charge in [-0.1, -0.05) is 12.1 Å². The molecule has 2 N–H and O–H groups in total. The van der Waals surface area contributed by atoms with Gasteiger partial charge in [-0.25, -0.2) is 9.59 Å². The second-order valence-electron chi connectivity index (χ2n) is 6.11. The Kier molecular flexibility index (Phi) is 5.98. The number of carbonyl (C=O) groups is 2. The van der Waals surface area contributed by atoms with Crippen LogP contribution in [0.25, 0.3) is 0 Å². The van der Waals surface area contributed by atoms with Crippen LogP contribution in [0.15, 0.2) is 24.3 Å². The van der Waals surface area contributed by atoms with E-state index in [9.17, 15) is 9.59 Å². The van der Waals surface area contributed by atoms with E-state index in [1.165, 1.54) is 0 Å². The first-order chi connectivity index (χ1) is 11.0. The minimum absolute atomic E-state index is 0.0207. The monoisotopic (exact) mass is 320 g/mol. The second kappa shape index (κ2) is 7.97. The topological polar surface area (TPSA) is 78.9 Å². The Labute approximate surface area is 136 Å². The van der Waals surface area contributed by atoms with E-state index in [-0.39, 0.29) is 23.7 Å². The van der Waals surface area contributed by atoms with Gasteiger partial charge in [-0.15, -0.1) is 0 Å². The normalized spacial score (nSPS) is 15.7. The van der Waals surface area contributed by atoms with Crippen LogP contribution in [0.5, 0.6) is 0 Å². The van der Waals surface area contributed by atoms with Crippen molar-refractivity contribution in [1.29, 1.82) is 0 Å². The fourth-order valence-electron chi connectivity index (χ4n) is 2.57. The van der Waals surface area contributed by atoms with Crippen LogP contribution >= 0.6 is 0 Å². The molecule has 1 saturated heterocycles. The lowest BCUT2D eigenvalue weighted by molar-refractivity contribution is 0.00434. The number of ether oxygens (including phenoxy) is 1. The molecule has 1 heterocycles. The number of amides is 2. The minimum atomic E-state index is -0.934. The third kappa shape index (κ3) is 5.25. The molecule has 1 aromatic carbocycles. The van der Waals surface area contributed by atoms with Crippen molar-refractivity contribution in [2.75, 3.05) is 13.1 Å². The number of benzene rings is 1. The molecule has 0 unspecified atom stereocenters. The van der Waals surface area contributed by atoms with Crippen molar-refractivity contribution >= 4 is 12.0 Å². The lowest BCUT2D eigenvalue weighted by atomic mass is 10.1. The highest BCUT2D eigenvalue weighted by molar-refractivity contribution is 5.87. The number of aromatic carboxylic acids is 1. The molecule has 0 radical (unpaired) electrons. The first-order valence-corrected chi connectivity index (χ1v) is 7.95. The van der Waals surface area contributed by atoms with Gasteiger partial charge < -0.3 is 20.1 Å². The van der Waals surface area contributed by atoms with E-state index in [0.717, 1.165) is 18.4 Å². The number of piperidine rings is 1. The summed E-state index contributed by atoms with van der Waals surface area (Å²) in [5, 5.41) is 11.9. The molecular formula is C17H24N2O4. The summed E-state index contributed by atoms with van der Waals surface area (Å²) in [6, 6.07) is 6.90. The van der Waals surface area contributed by atoms with Crippen LogP contribution < -0.4 is 5.32 Å². The smallest absolute Gasteiger partial charge is 0.335 e. The highest BCUT2D eigenvalue weighted by Gasteiger charge is 2.23. The van der Waals surface area contributed by atoms with Gasteiger partial charge in [0.05, 0.1) is 18.3 Å². The molecule has 1 fully saturated rings. The van der Waals surface area contributed by atoms with Gasteiger partial charge in [0.15, 0.2) is 0 Å². The molecule has 0 atom stereocenters. The van der Waals surface area contributed by atoms with E-state index >= 15 is 0 Å². The van der Waals surface area contributed by atoms with Crippen molar-refractivity contribution in [3.8, 4) is 0 Å². The Bertz CT molecular complexity index is 551. The summed E-state index contributed by atoms with van der Waals surface area (Å²) in [5.74, 6) is -0.934. The van der Waals surface area contributed by atoms with Crippen LogP contribution in [0.3, 0.4) is 0 Å². The van der Waals surface area contributed by atoms with Crippen LogP contribution in [-0.4, -0.2) is 47.2 Å². The molecular weight excluding hydrogens is 296 g/mol. The predicted molar refractivity (Wildman–Crippen MR) is 86.5 cm³/mol. The van der Waals surface area contributed by atoms with Crippen molar-refractivity contribution in [1.82, 2.24) is 10.2 Å². The van der Waals surface area contributed by atoms with Crippen molar-refractivity contribution < 1.29 is 19.4 Å². The quantitative estimate of drug-likeness (QED) is 0.873. The first-order valence-electron chi connectivity index (χ1n) is 7.95. The molecule has 0 saturated carbocycles. The third-order valence-corrected chi connectivity index (χ3v) is 3.80. The van der Waals surface area contributed by atoms with Gasteiger partial charge in [0, 0.05) is 19.1 Å². The number of urea groups is 1. The van der Waals surface area contributed by atoms with Crippen LogP contribution in [0.4, 0.5) is 4.79 Å². The summed E-state index contributed by atoms with van der Waals surface area (Å²) < 4.78 is 5.86. The lowest BCUT2D eigenvalue weighted by Crippen LogP contribution is -2.47. The van der Waals surface area contributed by atoms with Crippen LogP contribution in [-0.2, 0) is 11.3 Å². The maximum Gasteiger partial charge on any atom is 0.335 e. The molecule has 1 aliphatic rings. The first kappa shape index (κ1) is 17.3. The minimum Gasteiger partial charge on any atom is -0.478 e. The maximum absolute atomic E-state index is 11.9. The Balaban J connectivity index is 1.77.